The highest BCUT2D eigenvalue weighted by Gasteiger charge is 2.20. The van der Waals surface area contributed by atoms with E-state index in [9.17, 15) is 13.2 Å². The molecular formula is C18H22N2O3S2. The number of hydrogen-bond acceptors (Lipinski definition) is 4. The molecule has 2 aromatic rings. The maximum absolute atomic E-state index is 12.3. The van der Waals surface area contributed by atoms with Gasteiger partial charge in [-0.05, 0) is 36.4 Å². The zero-order chi connectivity index (χ0) is 18.3. The number of sulfonamides is 1. The average molecular weight is 379 g/mol. The molecule has 0 heterocycles. The Morgan fingerprint density at radius 1 is 1.12 bits per heavy atom. The highest BCUT2D eigenvalue weighted by Crippen LogP contribution is 2.19. The molecule has 0 aromatic heterocycles. The monoisotopic (exact) mass is 378 g/mol. The van der Waals surface area contributed by atoms with Gasteiger partial charge in [0.05, 0.1) is 12.8 Å². The molecule has 0 aliphatic heterocycles. The molecule has 1 N–H and O–H groups in total. The van der Waals surface area contributed by atoms with Crippen LogP contribution in [0.4, 0.5) is 5.69 Å². The molecule has 0 saturated heterocycles. The molecule has 0 saturated carbocycles. The highest BCUT2D eigenvalue weighted by molar-refractivity contribution is 7.98. The molecule has 7 heteroatoms. The quantitative estimate of drug-likeness (QED) is 0.718. The van der Waals surface area contributed by atoms with Crippen molar-refractivity contribution in [1.82, 2.24) is 4.31 Å². The number of carbonyl (C=O) groups excluding carboxylic acids is 1. The lowest BCUT2D eigenvalue weighted by Crippen LogP contribution is -2.38. The van der Waals surface area contributed by atoms with Gasteiger partial charge in [-0.1, -0.05) is 36.4 Å². The molecule has 0 fully saturated rings. The molecule has 5 nitrogen and oxygen atoms in total. The number of amides is 1. The average Bonchev–Trinajstić information content (AvgIpc) is 2.58. The van der Waals surface area contributed by atoms with Crippen molar-refractivity contribution in [1.29, 1.82) is 0 Å². The molecule has 25 heavy (non-hydrogen) atoms. The first-order valence-corrected chi connectivity index (χ1v) is 10.9. The summed E-state index contributed by atoms with van der Waals surface area (Å²) in [6, 6.07) is 17.0. The number of benzene rings is 2. The van der Waals surface area contributed by atoms with Gasteiger partial charge in [0, 0.05) is 17.1 Å². The van der Waals surface area contributed by atoms with Crippen molar-refractivity contribution >= 4 is 33.4 Å². The first-order chi connectivity index (χ1) is 11.9. The van der Waals surface area contributed by atoms with Gasteiger partial charge in [-0.3, -0.25) is 4.79 Å². The van der Waals surface area contributed by atoms with Crippen LogP contribution >= 0.6 is 11.8 Å². The minimum absolute atomic E-state index is 0.199. The second-order valence-electron chi connectivity index (χ2n) is 5.61. The number of hydrogen-bond donors (Lipinski definition) is 1. The van der Waals surface area contributed by atoms with Gasteiger partial charge < -0.3 is 5.32 Å². The molecule has 0 radical (unpaired) electrons. The molecular weight excluding hydrogens is 356 g/mol. The summed E-state index contributed by atoms with van der Waals surface area (Å²) in [6.07, 6.45) is 3.64. The zero-order valence-corrected chi connectivity index (χ0v) is 15.9. The summed E-state index contributed by atoms with van der Waals surface area (Å²) in [6.45, 7) is 0.0658. The predicted octanol–water partition coefficient (Wildman–Crippen LogP) is 2.85. The van der Waals surface area contributed by atoms with E-state index >= 15 is 0 Å². The molecule has 0 atom stereocenters. The van der Waals surface area contributed by atoms with Crippen LogP contribution < -0.4 is 5.32 Å². The van der Waals surface area contributed by atoms with Crippen LogP contribution in [0.1, 0.15) is 5.56 Å². The van der Waals surface area contributed by atoms with E-state index in [2.05, 4.69) is 5.32 Å². The molecule has 0 bridgehead atoms. The summed E-state index contributed by atoms with van der Waals surface area (Å²) in [7, 11) is -3.47. The van der Waals surface area contributed by atoms with Crippen molar-refractivity contribution < 1.29 is 13.2 Å². The molecule has 2 aromatic carbocycles. The number of nitrogens with zero attached hydrogens (tertiary/aromatic N) is 1. The van der Waals surface area contributed by atoms with E-state index < -0.39 is 10.0 Å². The van der Waals surface area contributed by atoms with Crippen molar-refractivity contribution in [3.63, 3.8) is 0 Å². The Morgan fingerprint density at radius 2 is 1.84 bits per heavy atom. The Morgan fingerprint density at radius 3 is 2.48 bits per heavy atom. The van der Waals surface area contributed by atoms with Crippen LogP contribution in [0, 0.1) is 0 Å². The van der Waals surface area contributed by atoms with E-state index in [4.69, 9.17) is 0 Å². The lowest BCUT2D eigenvalue weighted by Gasteiger charge is -2.19. The molecule has 0 spiro atoms. The van der Waals surface area contributed by atoms with Crippen LogP contribution in [0.3, 0.4) is 0 Å². The third-order valence-corrected chi connectivity index (χ3v) is 5.61. The summed E-state index contributed by atoms with van der Waals surface area (Å²) in [5.74, 6) is -0.350. The van der Waals surface area contributed by atoms with Gasteiger partial charge in [0.1, 0.15) is 0 Å². The van der Waals surface area contributed by atoms with Crippen LogP contribution in [0.2, 0.25) is 0 Å². The Bertz CT molecular complexity index is 808. The van der Waals surface area contributed by atoms with Gasteiger partial charge >= 0.3 is 0 Å². The molecule has 0 aliphatic carbocycles. The lowest BCUT2D eigenvalue weighted by atomic mass is 10.1. The second kappa shape index (κ2) is 9.03. The highest BCUT2D eigenvalue weighted by atomic mass is 32.2. The Labute approximate surface area is 153 Å². The van der Waals surface area contributed by atoms with E-state index in [1.165, 1.54) is 4.31 Å². The number of anilines is 1. The minimum atomic E-state index is -3.47. The molecule has 0 aliphatic rings. The van der Waals surface area contributed by atoms with E-state index in [-0.39, 0.29) is 19.0 Å². The first-order valence-electron chi connectivity index (χ1n) is 7.81. The van der Waals surface area contributed by atoms with Crippen molar-refractivity contribution in [3.8, 4) is 0 Å². The topological polar surface area (TPSA) is 66.5 Å². The largest absolute Gasteiger partial charge is 0.325 e. The number of carbonyl (C=O) groups is 1. The van der Waals surface area contributed by atoms with Crippen molar-refractivity contribution in [2.75, 3.05) is 30.9 Å². The molecule has 0 unspecified atom stereocenters. The van der Waals surface area contributed by atoms with Gasteiger partial charge in [0.2, 0.25) is 15.9 Å². The van der Waals surface area contributed by atoms with Crippen molar-refractivity contribution in [2.24, 2.45) is 0 Å². The zero-order valence-electron chi connectivity index (χ0n) is 14.3. The van der Waals surface area contributed by atoms with Crippen LogP contribution in [0.25, 0.3) is 0 Å². The number of nitrogens with one attached hydrogen (secondary N) is 1. The van der Waals surface area contributed by atoms with Crippen LogP contribution in [-0.2, 0) is 21.2 Å². The van der Waals surface area contributed by atoms with E-state index in [1.54, 1.807) is 17.8 Å². The maximum Gasteiger partial charge on any atom is 0.239 e. The van der Waals surface area contributed by atoms with Gasteiger partial charge in [0.25, 0.3) is 0 Å². The minimum Gasteiger partial charge on any atom is -0.325 e. The third kappa shape index (κ3) is 6.53. The SMILES string of the molecule is CSc1cccc(NC(=O)CN(CCc2ccccc2)S(C)(=O)=O)c1. The Hall–Kier alpha value is -1.83. The summed E-state index contributed by atoms with van der Waals surface area (Å²) in [4.78, 5) is 13.3. The normalized spacial score (nSPS) is 11.5. The summed E-state index contributed by atoms with van der Waals surface area (Å²) in [5, 5.41) is 2.76. The second-order valence-corrected chi connectivity index (χ2v) is 8.47. The van der Waals surface area contributed by atoms with Crippen LogP contribution in [0.15, 0.2) is 59.5 Å². The Balaban J connectivity index is 1.99. The van der Waals surface area contributed by atoms with Crippen LogP contribution in [0.5, 0.6) is 0 Å². The summed E-state index contributed by atoms with van der Waals surface area (Å²) < 4.78 is 25.2. The number of rotatable bonds is 8. The fraction of sp³-hybridized carbons (Fsp3) is 0.278. The van der Waals surface area contributed by atoms with Crippen molar-refractivity contribution in [3.05, 3.63) is 60.2 Å². The standard InChI is InChI=1S/C18H22N2O3S2/c1-24-17-10-6-9-16(13-17)19-18(21)14-20(25(2,22)23)12-11-15-7-4-3-5-8-15/h3-10,13H,11-12,14H2,1-2H3,(H,19,21). The predicted molar refractivity (Wildman–Crippen MR) is 103 cm³/mol. The van der Waals surface area contributed by atoms with Gasteiger partial charge in [0.15, 0.2) is 0 Å². The lowest BCUT2D eigenvalue weighted by molar-refractivity contribution is -0.116. The van der Waals surface area contributed by atoms with Crippen LogP contribution in [-0.4, -0.2) is 44.2 Å². The maximum atomic E-state index is 12.3. The fourth-order valence-electron chi connectivity index (χ4n) is 2.32. The van der Waals surface area contributed by atoms with Gasteiger partial charge in [-0.15, -0.1) is 11.8 Å². The summed E-state index contributed by atoms with van der Waals surface area (Å²) >= 11 is 1.58. The van der Waals surface area contributed by atoms with E-state index in [0.29, 0.717) is 12.1 Å². The van der Waals surface area contributed by atoms with Gasteiger partial charge in [-0.2, -0.15) is 4.31 Å². The summed E-state index contributed by atoms with van der Waals surface area (Å²) in [5.41, 5.74) is 1.69. The van der Waals surface area contributed by atoms with E-state index in [0.717, 1.165) is 16.7 Å². The molecule has 1 amide bonds. The Kier molecular flexibility index (Phi) is 7.04. The van der Waals surface area contributed by atoms with E-state index in [1.807, 2.05) is 54.8 Å². The third-order valence-electron chi connectivity index (χ3n) is 3.64. The van der Waals surface area contributed by atoms with Crippen molar-refractivity contribution in [2.45, 2.75) is 11.3 Å². The smallest absolute Gasteiger partial charge is 0.239 e. The number of thioether (sulfide) groups is 1. The molecule has 134 valence electrons. The molecule has 2 rings (SSSR count). The first kappa shape index (κ1) is 19.5. The fourth-order valence-corrected chi connectivity index (χ4v) is 3.56. The van der Waals surface area contributed by atoms with Gasteiger partial charge in [-0.25, -0.2) is 8.42 Å².